The largest absolute Gasteiger partial charge is 0.480 e. The summed E-state index contributed by atoms with van der Waals surface area (Å²) in [6, 6.07) is -0.541. The maximum absolute atomic E-state index is 11.0. The third-order valence-corrected chi connectivity index (χ3v) is 2.87. The standard InChI is InChI=1S/C11H19N3O6/c1-19-9(6(16)4-15)7-2-5(14-11(12)13)3-8(20-7)10(17)18/h3,5-7,9,15-16H,2,4H2,1H3,(H,17,18)(H4,12,13,14)/t5?,6-,7?,9-/m1/s1. The zero-order valence-corrected chi connectivity index (χ0v) is 10.9. The van der Waals surface area contributed by atoms with Gasteiger partial charge in [0.25, 0.3) is 0 Å². The van der Waals surface area contributed by atoms with Crippen molar-refractivity contribution < 1.29 is 29.6 Å². The first kappa shape index (κ1) is 16.2. The lowest BCUT2D eigenvalue weighted by Gasteiger charge is -2.34. The molecule has 0 bridgehead atoms. The van der Waals surface area contributed by atoms with Crippen LogP contribution in [-0.2, 0) is 14.3 Å². The maximum atomic E-state index is 11.0. The fourth-order valence-electron chi connectivity index (χ4n) is 2.04. The predicted octanol–water partition coefficient (Wildman–Crippen LogP) is -2.04. The lowest BCUT2D eigenvalue weighted by Crippen LogP contribution is -2.49. The number of carboxylic acids is 1. The van der Waals surface area contributed by atoms with Crippen LogP contribution in [0.3, 0.4) is 0 Å². The van der Waals surface area contributed by atoms with E-state index >= 15 is 0 Å². The van der Waals surface area contributed by atoms with Crippen molar-refractivity contribution >= 4 is 11.9 Å². The van der Waals surface area contributed by atoms with E-state index < -0.39 is 36.9 Å². The molecule has 0 saturated carbocycles. The second kappa shape index (κ2) is 7.08. The van der Waals surface area contributed by atoms with Gasteiger partial charge in [0.2, 0.25) is 5.76 Å². The molecular formula is C11H19N3O6. The molecule has 0 aromatic carbocycles. The van der Waals surface area contributed by atoms with Crippen LogP contribution in [0.1, 0.15) is 6.42 Å². The smallest absolute Gasteiger partial charge is 0.370 e. The lowest BCUT2D eigenvalue weighted by atomic mass is 9.97. The van der Waals surface area contributed by atoms with Crippen molar-refractivity contribution in [2.24, 2.45) is 5.73 Å². The normalized spacial score (nSPS) is 25.1. The molecule has 20 heavy (non-hydrogen) atoms. The van der Waals surface area contributed by atoms with Gasteiger partial charge in [0.1, 0.15) is 18.3 Å². The van der Waals surface area contributed by atoms with Gasteiger partial charge in [-0.15, -0.1) is 0 Å². The monoisotopic (exact) mass is 289 g/mol. The van der Waals surface area contributed by atoms with Gasteiger partial charge in [-0.05, 0) is 6.08 Å². The Morgan fingerprint density at radius 3 is 2.85 bits per heavy atom. The van der Waals surface area contributed by atoms with Crippen molar-refractivity contribution in [3.05, 3.63) is 11.8 Å². The molecule has 114 valence electrons. The average molecular weight is 289 g/mol. The molecule has 9 heteroatoms. The van der Waals surface area contributed by atoms with Crippen molar-refractivity contribution in [2.45, 2.75) is 30.8 Å². The van der Waals surface area contributed by atoms with Crippen LogP contribution in [-0.4, -0.2) is 65.3 Å². The molecule has 1 aliphatic rings. The van der Waals surface area contributed by atoms with Crippen LogP contribution in [0, 0.1) is 5.41 Å². The number of rotatable bonds is 6. The molecule has 1 heterocycles. The number of hydrogen-bond acceptors (Lipinski definition) is 6. The van der Waals surface area contributed by atoms with E-state index in [0.717, 1.165) is 0 Å². The maximum Gasteiger partial charge on any atom is 0.370 e. The van der Waals surface area contributed by atoms with Crippen LogP contribution in [0.2, 0.25) is 0 Å². The third-order valence-electron chi connectivity index (χ3n) is 2.87. The highest BCUT2D eigenvalue weighted by Crippen LogP contribution is 2.23. The molecule has 0 radical (unpaired) electrons. The summed E-state index contributed by atoms with van der Waals surface area (Å²) in [6.45, 7) is -0.546. The summed E-state index contributed by atoms with van der Waals surface area (Å²) in [7, 11) is 1.32. The SMILES string of the molecule is CO[C@@H](C1CC(NC(=N)N)C=C(C(=O)O)O1)[C@H](O)CO. The third kappa shape index (κ3) is 4.08. The van der Waals surface area contributed by atoms with Crippen molar-refractivity contribution in [1.29, 1.82) is 5.41 Å². The van der Waals surface area contributed by atoms with Crippen molar-refractivity contribution in [3.8, 4) is 0 Å². The van der Waals surface area contributed by atoms with Crippen LogP contribution in [0.4, 0.5) is 0 Å². The summed E-state index contributed by atoms with van der Waals surface area (Å²) in [4.78, 5) is 11.0. The van der Waals surface area contributed by atoms with Crippen LogP contribution < -0.4 is 11.1 Å². The molecule has 0 aromatic rings. The Kier molecular flexibility index (Phi) is 5.74. The van der Waals surface area contributed by atoms with Crippen molar-refractivity contribution in [3.63, 3.8) is 0 Å². The molecule has 0 saturated heterocycles. The fraction of sp³-hybridized carbons (Fsp3) is 0.636. The molecular weight excluding hydrogens is 270 g/mol. The molecule has 0 fully saturated rings. The van der Waals surface area contributed by atoms with Crippen molar-refractivity contribution in [1.82, 2.24) is 5.32 Å². The van der Waals surface area contributed by atoms with Gasteiger partial charge in [-0.3, -0.25) is 5.41 Å². The fourth-order valence-corrected chi connectivity index (χ4v) is 2.04. The van der Waals surface area contributed by atoms with Gasteiger partial charge in [-0.1, -0.05) is 0 Å². The first-order chi connectivity index (χ1) is 9.38. The number of aliphatic carboxylic acids is 1. The van der Waals surface area contributed by atoms with E-state index in [4.69, 9.17) is 30.8 Å². The summed E-state index contributed by atoms with van der Waals surface area (Å²) in [5.41, 5.74) is 5.22. The molecule has 0 spiro atoms. The zero-order chi connectivity index (χ0) is 15.3. The number of carbonyl (C=O) groups is 1. The van der Waals surface area contributed by atoms with E-state index in [9.17, 15) is 9.90 Å². The molecule has 0 aromatic heterocycles. The number of carboxylic acid groups (broad SMARTS) is 1. The van der Waals surface area contributed by atoms with Gasteiger partial charge in [0, 0.05) is 13.5 Å². The van der Waals surface area contributed by atoms with E-state index in [0.29, 0.717) is 0 Å². The van der Waals surface area contributed by atoms with Gasteiger partial charge in [-0.25, -0.2) is 4.79 Å². The Balaban J connectivity index is 2.91. The summed E-state index contributed by atoms with van der Waals surface area (Å²) < 4.78 is 10.3. The van der Waals surface area contributed by atoms with E-state index in [1.165, 1.54) is 13.2 Å². The number of aliphatic hydroxyl groups is 2. The number of nitrogens with two attached hydrogens (primary N) is 1. The first-order valence-electron chi connectivity index (χ1n) is 5.93. The molecule has 9 nitrogen and oxygen atoms in total. The van der Waals surface area contributed by atoms with E-state index in [1.54, 1.807) is 0 Å². The summed E-state index contributed by atoms with van der Waals surface area (Å²) >= 11 is 0. The molecule has 4 atom stereocenters. The summed E-state index contributed by atoms with van der Waals surface area (Å²) in [6.07, 6.45) is -1.39. The number of hydrogen-bond donors (Lipinski definition) is 6. The van der Waals surface area contributed by atoms with Crippen molar-refractivity contribution in [2.75, 3.05) is 13.7 Å². The topological polar surface area (TPSA) is 158 Å². The quantitative estimate of drug-likeness (QED) is 0.241. The molecule has 7 N–H and O–H groups in total. The van der Waals surface area contributed by atoms with E-state index in [2.05, 4.69) is 5.32 Å². The number of aliphatic hydroxyl groups excluding tert-OH is 2. The van der Waals surface area contributed by atoms with Gasteiger partial charge in [-0.2, -0.15) is 0 Å². The van der Waals surface area contributed by atoms with Crippen LogP contribution in [0.15, 0.2) is 11.8 Å². The molecule has 0 amide bonds. The molecule has 1 aliphatic heterocycles. The Morgan fingerprint density at radius 2 is 2.40 bits per heavy atom. The van der Waals surface area contributed by atoms with E-state index in [-0.39, 0.29) is 18.1 Å². The van der Waals surface area contributed by atoms with Gasteiger partial charge in [0.15, 0.2) is 5.96 Å². The minimum Gasteiger partial charge on any atom is -0.480 e. The predicted molar refractivity (Wildman–Crippen MR) is 67.9 cm³/mol. The molecule has 2 unspecified atom stereocenters. The summed E-state index contributed by atoms with van der Waals surface area (Å²) in [5.74, 6) is -1.92. The Bertz CT molecular complexity index is 400. The van der Waals surface area contributed by atoms with Gasteiger partial charge >= 0.3 is 5.97 Å². The van der Waals surface area contributed by atoms with Gasteiger partial charge in [0.05, 0.1) is 12.6 Å². The Labute approximate surface area is 115 Å². The highest BCUT2D eigenvalue weighted by molar-refractivity contribution is 5.85. The Hall–Kier alpha value is -1.84. The minimum atomic E-state index is -1.28. The number of methoxy groups -OCH3 is 1. The minimum absolute atomic E-state index is 0.228. The molecule has 0 aliphatic carbocycles. The number of nitrogens with one attached hydrogen (secondary N) is 2. The molecule has 1 rings (SSSR count). The summed E-state index contributed by atoms with van der Waals surface area (Å²) in [5, 5.41) is 37.4. The van der Waals surface area contributed by atoms with E-state index in [1.807, 2.05) is 0 Å². The van der Waals surface area contributed by atoms with Crippen LogP contribution >= 0.6 is 0 Å². The Morgan fingerprint density at radius 1 is 1.75 bits per heavy atom. The van der Waals surface area contributed by atoms with Crippen LogP contribution in [0.25, 0.3) is 0 Å². The zero-order valence-electron chi connectivity index (χ0n) is 10.9. The second-order valence-electron chi connectivity index (χ2n) is 4.34. The van der Waals surface area contributed by atoms with Crippen LogP contribution in [0.5, 0.6) is 0 Å². The highest BCUT2D eigenvalue weighted by atomic mass is 16.6. The number of ether oxygens (including phenoxy) is 2. The highest BCUT2D eigenvalue weighted by Gasteiger charge is 2.36. The number of guanidine groups is 1. The lowest BCUT2D eigenvalue weighted by molar-refractivity contribution is -0.145. The first-order valence-corrected chi connectivity index (χ1v) is 5.93. The van der Waals surface area contributed by atoms with Gasteiger partial charge < -0.3 is 35.8 Å². The second-order valence-corrected chi connectivity index (χ2v) is 4.34. The average Bonchev–Trinajstić information content (AvgIpc) is 2.38.